The Kier molecular flexibility index (Phi) is 4.55. The molecule has 2 saturated heterocycles. The van der Waals surface area contributed by atoms with Gasteiger partial charge in [-0.15, -0.1) is 22.7 Å². The summed E-state index contributed by atoms with van der Waals surface area (Å²) in [5.74, 6) is 1.32. The largest absolute Gasteiger partial charge is 0.355 e. The molecule has 5 heterocycles. The number of hydrogen-bond donors (Lipinski definition) is 0. The third-order valence-corrected chi connectivity index (χ3v) is 7.83. The van der Waals surface area contributed by atoms with Crippen LogP contribution in [0.5, 0.6) is 0 Å². The van der Waals surface area contributed by atoms with Crippen LogP contribution in [0.4, 0.5) is 5.82 Å². The summed E-state index contributed by atoms with van der Waals surface area (Å²) < 4.78 is 1.16. The van der Waals surface area contributed by atoms with Gasteiger partial charge in [0, 0.05) is 30.4 Å². The van der Waals surface area contributed by atoms with Gasteiger partial charge in [0.25, 0.3) is 0 Å². The number of carbonyl (C=O) groups excluding carboxylic acids is 1. The molecule has 2 aliphatic heterocycles. The highest BCUT2D eigenvalue weighted by Gasteiger charge is 2.46. The number of aromatic nitrogens is 3. The molecule has 1 amide bonds. The summed E-state index contributed by atoms with van der Waals surface area (Å²) in [6.07, 6.45) is 6.39. The maximum absolute atomic E-state index is 12.7. The number of anilines is 1. The molecule has 2 aliphatic rings. The summed E-state index contributed by atoms with van der Waals surface area (Å²) in [5, 5.41) is 5.23. The Morgan fingerprint density at radius 1 is 1.18 bits per heavy atom. The Labute approximate surface area is 172 Å². The van der Waals surface area contributed by atoms with Crippen LogP contribution >= 0.6 is 22.7 Å². The molecule has 146 valence electrons. The second-order valence-electron chi connectivity index (χ2n) is 7.73. The van der Waals surface area contributed by atoms with Crippen molar-refractivity contribution >= 4 is 44.6 Å². The Morgan fingerprint density at radius 3 is 2.96 bits per heavy atom. The first-order chi connectivity index (χ1) is 13.6. The summed E-state index contributed by atoms with van der Waals surface area (Å²) in [7, 11) is 0. The van der Waals surface area contributed by atoms with E-state index in [9.17, 15) is 4.79 Å². The lowest BCUT2D eigenvalue weighted by Gasteiger charge is -2.38. The highest BCUT2D eigenvalue weighted by atomic mass is 32.1. The third kappa shape index (κ3) is 3.08. The molecule has 2 fully saturated rings. The van der Waals surface area contributed by atoms with Crippen LogP contribution in [0.1, 0.15) is 42.8 Å². The van der Waals surface area contributed by atoms with Gasteiger partial charge in [-0.1, -0.05) is 0 Å². The smallest absolute Gasteiger partial charge is 0.223 e. The first-order valence-corrected chi connectivity index (χ1v) is 11.6. The van der Waals surface area contributed by atoms with E-state index in [1.807, 2.05) is 6.92 Å². The van der Waals surface area contributed by atoms with Gasteiger partial charge in [0.2, 0.25) is 5.91 Å². The van der Waals surface area contributed by atoms with Gasteiger partial charge in [-0.05, 0) is 44.1 Å². The van der Waals surface area contributed by atoms with Crippen molar-refractivity contribution in [2.45, 2.75) is 51.1 Å². The van der Waals surface area contributed by atoms with Crippen molar-refractivity contribution in [1.29, 1.82) is 0 Å². The van der Waals surface area contributed by atoms with E-state index in [4.69, 9.17) is 0 Å². The molecule has 0 N–H and O–H groups in total. The van der Waals surface area contributed by atoms with Gasteiger partial charge in [-0.2, -0.15) is 0 Å². The predicted molar refractivity (Wildman–Crippen MR) is 113 cm³/mol. The van der Waals surface area contributed by atoms with Crippen LogP contribution in [0.3, 0.4) is 0 Å². The lowest BCUT2D eigenvalue weighted by molar-refractivity contribution is -0.132. The van der Waals surface area contributed by atoms with Crippen molar-refractivity contribution in [3.63, 3.8) is 0 Å². The lowest BCUT2D eigenvalue weighted by atomic mass is 9.87. The first kappa shape index (κ1) is 18.0. The van der Waals surface area contributed by atoms with Crippen molar-refractivity contribution in [3.05, 3.63) is 33.9 Å². The topological polar surface area (TPSA) is 62.2 Å². The number of amides is 1. The number of hydrogen-bond acceptors (Lipinski definition) is 7. The zero-order valence-electron chi connectivity index (χ0n) is 15.9. The van der Waals surface area contributed by atoms with Gasteiger partial charge in [-0.3, -0.25) is 4.79 Å². The van der Waals surface area contributed by atoms with E-state index in [0.717, 1.165) is 65.5 Å². The van der Waals surface area contributed by atoms with E-state index in [2.05, 4.69) is 41.6 Å². The molecule has 3 aromatic heterocycles. The standard InChI is InChI=1S/C20H23N5OS2/c1-14-23-15(12-28-14)11-25-17(26)3-6-20(25)5-2-8-24(9-7-20)19-18-16(4-10-27-18)21-13-22-19/h4,10,12-13H,2-3,5-9,11H2,1H3/t20-/m0/s1. The van der Waals surface area contributed by atoms with E-state index in [1.54, 1.807) is 29.0 Å². The van der Waals surface area contributed by atoms with E-state index in [1.165, 1.54) is 0 Å². The fraction of sp³-hybridized carbons (Fsp3) is 0.500. The van der Waals surface area contributed by atoms with Crippen LogP contribution in [-0.4, -0.2) is 44.4 Å². The molecule has 0 aliphatic carbocycles. The normalized spacial score (nSPS) is 23.1. The zero-order valence-corrected chi connectivity index (χ0v) is 17.6. The molecule has 5 rings (SSSR count). The Bertz CT molecular complexity index is 1010. The maximum atomic E-state index is 12.7. The SMILES string of the molecule is Cc1nc(CN2C(=O)CC[C@]23CCCN(c2ncnc4ccsc24)CC3)cs1. The minimum absolute atomic E-state index is 0.0368. The number of rotatable bonds is 3. The number of nitrogens with zero attached hydrogens (tertiary/aromatic N) is 5. The van der Waals surface area contributed by atoms with Crippen molar-refractivity contribution in [1.82, 2.24) is 19.9 Å². The molecule has 0 bridgehead atoms. The molecule has 6 nitrogen and oxygen atoms in total. The van der Waals surface area contributed by atoms with Gasteiger partial charge < -0.3 is 9.80 Å². The molecular formula is C20H23N5OS2. The molecule has 1 atom stereocenters. The summed E-state index contributed by atoms with van der Waals surface area (Å²) in [4.78, 5) is 30.8. The molecule has 28 heavy (non-hydrogen) atoms. The third-order valence-electron chi connectivity index (χ3n) is 6.11. The fourth-order valence-electron chi connectivity index (χ4n) is 4.68. The van der Waals surface area contributed by atoms with E-state index < -0.39 is 0 Å². The van der Waals surface area contributed by atoms with Crippen molar-refractivity contribution in [3.8, 4) is 0 Å². The quantitative estimate of drug-likeness (QED) is 0.649. The number of aryl methyl sites for hydroxylation is 1. The van der Waals surface area contributed by atoms with Crippen LogP contribution in [-0.2, 0) is 11.3 Å². The van der Waals surface area contributed by atoms with Gasteiger partial charge in [0.1, 0.15) is 12.1 Å². The number of fused-ring (bicyclic) bond motifs is 1. The Balaban J connectivity index is 1.39. The second-order valence-corrected chi connectivity index (χ2v) is 9.71. The number of thiophene rings is 1. The average Bonchev–Trinajstić information content (AvgIpc) is 3.36. The predicted octanol–water partition coefficient (Wildman–Crippen LogP) is 4.01. The lowest BCUT2D eigenvalue weighted by Crippen LogP contribution is -2.46. The van der Waals surface area contributed by atoms with Crippen LogP contribution in [0.25, 0.3) is 10.2 Å². The molecule has 3 aromatic rings. The summed E-state index contributed by atoms with van der Waals surface area (Å²) in [6.45, 7) is 4.56. The second kappa shape index (κ2) is 7.08. The number of thiazole rings is 1. The fourth-order valence-corrected chi connectivity index (χ4v) is 6.15. The molecule has 0 radical (unpaired) electrons. The van der Waals surface area contributed by atoms with E-state index in [-0.39, 0.29) is 11.4 Å². The van der Waals surface area contributed by atoms with E-state index >= 15 is 0 Å². The highest BCUT2D eigenvalue weighted by Crippen LogP contribution is 2.41. The molecule has 0 aromatic carbocycles. The van der Waals surface area contributed by atoms with Gasteiger partial charge in [0.05, 0.1) is 27.5 Å². The molecular weight excluding hydrogens is 390 g/mol. The molecule has 0 saturated carbocycles. The molecule has 0 unspecified atom stereocenters. The van der Waals surface area contributed by atoms with E-state index in [0.29, 0.717) is 13.0 Å². The average molecular weight is 414 g/mol. The van der Waals surface area contributed by atoms with Crippen molar-refractivity contribution in [2.75, 3.05) is 18.0 Å². The van der Waals surface area contributed by atoms with Crippen LogP contribution < -0.4 is 4.90 Å². The number of carbonyl (C=O) groups is 1. The van der Waals surface area contributed by atoms with Crippen molar-refractivity contribution in [2.24, 2.45) is 0 Å². The Morgan fingerprint density at radius 2 is 2.11 bits per heavy atom. The summed E-state index contributed by atoms with van der Waals surface area (Å²) >= 11 is 3.36. The van der Waals surface area contributed by atoms with Gasteiger partial charge >= 0.3 is 0 Å². The molecule has 8 heteroatoms. The zero-order chi connectivity index (χ0) is 19.1. The van der Waals surface area contributed by atoms with Crippen LogP contribution in [0.15, 0.2) is 23.2 Å². The monoisotopic (exact) mass is 413 g/mol. The minimum atomic E-state index is -0.0368. The van der Waals surface area contributed by atoms with Crippen LogP contribution in [0.2, 0.25) is 0 Å². The minimum Gasteiger partial charge on any atom is -0.355 e. The molecule has 1 spiro atoms. The van der Waals surface area contributed by atoms with Gasteiger partial charge in [0.15, 0.2) is 0 Å². The Hall–Kier alpha value is -2.06. The maximum Gasteiger partial charge on any atom is 0.223 e. The summed E-state index contributed by atoms with van der Waals surface area (Å²) in [5.41, 5.74) is 2.00. The first-order valence-electron chi connectivity index (χ1n) is 9.79. The van der Waals surface area contributed by atoms with Crippen molar-refractivity contribution < 1.29 is 4.79 Å². The van der Waals surface area contributed by atoms with Crippen LogP contribution in [0, 0.1) is 6.92 Å². The highest BCUT2D eigenvalue weighted by molar-refractivity contribution is 7.17. The number of likely N-dealkylation sites (tertiary alicyclic amines) is 1. The van der Waals surface area contributed by atoms with Gasteiger partial charge in [-0.25, -0.2) is 15.0 Å². The summed E-state index contributed by atoms with van der Waals surface area (Å²) in [6, 6.07) is 2.05.